The fourth-order valence-corrected chi connectivity index (χ4v) is 3.70. The number of carbonyl (C=O) groups excluding carboxylic acids is 1. The molecule has 1 fully saturated rings. The maximum atomic E-state index is 15.1. The molecule has 6 nitrogen and oxygen atoms in total. The number of hydrogen-bond acceptors (Lipinski definition) is 4. The van der Waals surface area contributed by atoms with Gasteiger partial charge in [0.2, 0.25) is 0 Å². The van der Waals surface area contributed by atoms with E-state index in [1.165, 1.54) is 17.2 Å². The minimum absolute atomic E-state index is 0.0135. The quantitative estimate of drug-likeness (QED) is 0.771. The number of aliphatic hydroxyl groups is 1. The fraction of sp³-hybridized carbons (Fsp3) is 0.579. The Labute approximate surface area is 166 Å². The summed E-state index contributed by atoms with van der Waals surface area (Å²) in [6.45, 7) is 5.56. The van der Waals surface area contributed by atoms with Crippen LogP contribution < -0.4 is 0 Å². The predicted molar refractivity (Wildman–Crippen MR) is 102 cm³/mol. The first-order valence-corrected chi connectivity index (χ1v) is 9.53. The molecule has 0 radical (unpaired) electrons. The first-order valence-electron chi connectivity index (χ1n) is 9.15. The Morgan fingerprint density at radius 3 is 2.61 bits per heavy atom. The molecule has 2 N–H and O–H groups in total. The van der Waals surface area contributed by atoms with E-state index in [1.54, 1.807) is 26.8 Å². The Morgan fingerprint density at radius 1 is 1.36 bits per heavy atom. The number of nitrogens with one attached hydrogen (secondary N) is 1. The number of H-pyrrole nitrogens is 1. The summed E-state index contributed by atoms with van der Waals surface area (Å²) in [6.07, 6.45) is -0.947. The van der Waals surface area contributed by atoms with E-state index in [2.05, 4.69) is 10.2 Å². The molecule has 1 saturated heterocycles. The first kappa shape index (κ1) is 20.8. The molecule has 1 aliphatic heterocycles. The van der Waals surface area contributed by atoms with Gasteiger partial charge in [0.25, 0.3) is 5.92 Å². The highest BCUT2D eigenvalue weighted by molar-refractivity contribution is 6.31. The van der Waals surface area contributed by atoms with Gasteiger partial charge in [0.05, 0.1) is 11.7 Å². The summed E-state index contributed by atoms with van der Waals surface area (Å²) in [4.78, 5) is 13.5. The molecule has 1 aromatic heterocycles. The number of carbonyl (C=O) groups is 1. The van der Waals surface area contributed by atoms with Crippen molar-refractivity contribution in [3.8, 4) is 0 Å². The van der Waals surface area contributed by atoms with Gasteiger partial charge in [-0.25, -0.2) is 13.6 Å². The first-order chi connectivity index (χ1) is 13.0. The van der Waals surface area contributed by atoms with Crippen LogP contribution in [0.15, 0.2) is 18.3 Å². The van der Waals surface area contributed by atoms with Crippen LogP contribution in [0.25, 0.3) is 10.9 Å². The largest absolute Gasteiger partial charge is 0.444 e. The van der Waals surface area contributed by atoms with Crippen LogP contribution in [0, 0.1) is 5.92 Å². The second-order valence-corrected chi connectivity index (χ2v) is 8.58. The van der Waals surface area contributed by atoms with E-state index in [9.17, 15) is 9.90 Å². The van der Waals surface area contributed by atoms with Crippen molar-refractivity contribution in [3.05, 3.63) is 28.9 Å². The predicted octanol–water partition coefficient (Wildman–Crippen LogP) is 4.53. The van der Waals surface area contributed by atoms with Gasteiger partial charge < -0.3 is 14.7 Å². The van der Waals surface area contributed by atoms with Crippen molar-refractivity contribution in [3.63, 3.8) is 0 Å². The molecule has 28 heavy (non-hydrogen) atoms. The summed E-state index contributed by atoms with van der Waals surface area (Å²) in [7, 11) is 0. The molecule has 1 amide bonds. The Hall–Kier alpha value is -1.93. The Kier molecular flexibility index (Phi) is 5.55. The molecule has 0 spiro atoms. The number of likely N-dealkylation sites (tertiary alicyclic amines) is 1. The smallest absolute Gasteiger partial charge is 0.410 e. The van der Waals surface area contributed by atoms with Gasteiger partial charge in [-0.2, -0.15) is 5.10 Å². The highest BCUT2D eigenvalue weighted by atomic mass is 35.5. The standard InChI is InChI=1S/C19H24ClF2N3O3/c1-18(2,3)28-17(27)25-6-4-12(5-7-25)19(21,22)16(26)14-9-13(20)8-11-10-23-24-15(11)14/h8-10,12,16,26H,4-7H2,1-3H3,(H,23,24)/t16-/m1/s1. The van der Waals surface area contributed by atoms with Gasteiger partial charge >= 0.3 is 6.09 Å². The number of rotatable bonds is 3. The monoisotopic (exact) mass is 415 g/mol. The molecule has 2 aromatic rings. The van der Waals surface area contributed by atoms with Crippen LogP contribution >= 0.6 is 11.6 Å². The minimum Gasteiger partial charge on any atom is -0.444 e. The maximum Gasteiger partial charge on any atom is 0.410 e. The zero-order valence-electron chi connectivity index (χ0n) is 16.0. The molecule has 0 bridgehead atoms. The van der Waals surface area contributed by atoms with Gasteiger partial charge in [-0.3, -0.25) is 5.10 Å². The molecule has 154 valence electrons. The SMILES string of the molecule is CC(C)(C)OC(=O)N1CCC(C(F)(F)[C@H](O)c2cc(Cl)cc3cn[nH]c23)CC1. The highest BCUT2D eigenvalue weighted by Gasteiger charge is 2.49. The molecule has 1 atom stereocenters. The average Bonchev–Trinajstić information content (AvgIpc) is 3.07. The second-order valence-electron chi connectivity index (χ2n) is 8.15. The number of halogens is 3. The van der Waals surface area contributed by atoms with E-state index < -0.39 is 29.6 Å². The number of benzene rings is 1. The third-order valence-electron chi connectivity index (χ3n) is 4.89. The third kappa shape index (κ3) is 4.22. The lowest BCUT2D eigenvalue weighted by atomic mass is 9.85. The third-order valence-corrected chi connectivity index (χ3v) is 5.11. The van der Waals surface area contributed by atoms with Crippen LogP contribution in [-0.2, 0) is 4.74 Å². The summed E-state index contributed by atoms with van der Waals surface area (Å²) in [6, 6.07) is 2.92. The van der Waals surface area contributed by atoms with E-state index in [4.69, 9.17) is 16.3 Å². The average molecular weight is 416 g/mol. The van der Waals surface area contributed by atoms with Crippen LogP contribution in [0.1, 0.15) is 45.3 Å². The van der Waals surface area contributed by atoms with Crippen LogP contribution in [0.5, 0.6) is 0 Å². The summed E-state index contributed by atoms with van der Waals surface area (Å²) in [5.41, 5.74) is -0.293. The number of nitrogens with zero attached hydrogens (tertiary/aromatic N) is 2. The van der Waals surface area contributed by atoms with Crippen molar-refractivity contribution in [1.82, 2.24) is 15.1 Å². The number of piperidine rings is 1. The Bertz CT molecular complexity index is 858. The van der Waals surface area contributed by atoms with Crippen LogP contribution in [-0.4, -0.2) is 50.9 Å². The molecule has 1 aliphatic rings. The number of amides is 1. The number of alkyl halides is 2. The van der Waals surface area contributed by atoms with Gasteiger partial charge in [0.1, 0.15) is 11.7 Å². The summed E-state index contributed by atoms with van der Waals surface area (Å²) < 4.78 is 35.5. The lowest BCUT2D eigenvalue weighted by molar-refractivity contribution is -0.160. The molecule has 2 heterocycles. The normalized spacial score (nSPS) is 17.8. The van der Waals surface area contributed by atoms with Crippen molar-refractivity contribution in [2.45, 2.75) is 51.2 Å². The van der Waals surface area contributed by atoms with Crippen molar-refractivity contribution in [2.75, 3.05) is 13.1 Å². The number of aliphatic hydroxyl groups excluding tert-OH is 1. The lowest BCUT2D eigenvalue weighted by Crippen LogP contribution is -2.46. The highest BCUT2D eigenvalue weighted by Crippen LogP contribution is 2.44. The Morgan fingerprint density at radius 2 is 2.00 bits per heavy atom. The molecule has 0 saturated carbocycles. The maximum absolute atomic E-state index is 15.1. The zero-order valence-corrected chi connectivity index (χ0v) is 16.8. The second kappa shape index (κ2) is 7.48. The van der Waals surface area contributed by atoms with Crippen molar-refractivity contribution < 1.29 is 23.4 Å². The van der Waals surface area contributed by atoms with E-state index >= 15 is 8.78 Å². The van der Waals surface area contributed by atoms with Gasteiger partial charge in [0, 0.05) is 35.0 Å². The lowest BCUT2D eigenvalue weighted by Gasteiger charge is -2.38. The molecule has 0 unspecified atom stereocenters. The van der Waals surface area contributed by atoms with Gasteiger partial charge in [-0.15, -0.1) is 0 Å². The number of aromatic amines is 1. The number of fused-ring (bicyclic) bond motifs is 1. The zero-order chi connectivity index (χ0) is 20.7. The van der Waals surface area contributed by atoms with E-state index in [-0.39, 0.29) is 36.5 Å². The van der Waals surface area contributed by atoms with Crippen molar-refractivity contribution in [2.24, 2.45) is 5.92 Å². The molecule has 3 rings (SSSR count). The van der Waals surface area contributed by atoms with E-state index in [0.29, 0.717) is 10.9 Å². The van der Waals surface area contributed by atoms with Crippen LogP contribution in [0.3, 0.4) is 0 Å². The fourth-order valence-electron chi connectivity index (χ4n) is 3.47. The Balaban J connectivity index is 1.73. The van der Waals surface area contributed by atoms with E-state index in [1.807, 2.05) is 0 Å². The summed E-state index contributed by atoms with van der Waals surface area (Å²) >= 11 is 6.01. The van der Waals surface area contributed by atoms with E-state index in [0.717, 1.165) is 0 Å². The molecule has 9 heteroatoms. The number of aromatic nitrogens is 2. The minimum atomic E-state index is -3.39. The van der Waals surface area contributed by atoms with Gasteiger partial charge in [-0.1, -0.05) is 11.6 Å². The molecular formula is C19H24ClF2N3O3. The summed E-state index contributed by atoms with van der Waals surface area (Å²) in [5.74, 6) is -4.46. The molecular weight excluding hydrogens is 392 g/mol. The van der Waals surface area contributed by atoms with Crippen molar-refractivity contribution >= 4 is 28.6 Å². The summed E-state index contributed by atoms with van der Waals surface area (Å²) in [5, 5.41) is 17.8. The molecule has 0 aliphatic carbocycles. The van der Waals surface area contributed by atoms with Gasteiger partial charge in [0.15, 0.2) is 0 Å². The number of ether oxygens (including phenoxy) is 1. The van der Waals surface area contributed by atoms with Crippen LogP contribution in [0.2, 0.25) is 5.02 Å². The van der Waals surface area contributed by atoms with Crippen molar-refractivity contribution in [1.29, 1.82) is 0 Å². The number of hydrogen-bond donors (Lipinski definition) is 2. The van der Waals surface area contributed by atoms with Crippen LogP contribution in [0.4, 0.5) is 13.6 Å². The molecule has 1 aromatic carbocycles. The topological polar surface area (TPSA) is 78.4 Å². The van der Waals surface area contributed by atoms with Gasteiger partial charge in [-0.05, 0) is 45.7 Å².